The first-order valence-electron chi connectivity index (χ1n) is 6.95. The molecule has 1 aromatic carbocycles. The zero-order valence-electron chi connectivity index (χ0n) is 12.0. The highest BCUT2D eigenvalue weighted by atomic mass is 35.5. The quantitative estimate of drug-likeness (QED) is 0.845. The van der Waals surface area contributed by atoms with Crippen molar-refractivity contribution >= 4 is 34.7 Å². The molecule has 0 aliphatic heterocycles. The van der Waals surface area contributed by atoms with E-state index in [-0.39, 0.29) is 18.5 Å². The van der Waals surface area contributed by atoms with Gasteiger partial charge in [-0.05, 0) is 31.0 Å². The van der Waals surface area contributed by atoms with E-state index in [1.807, 2.05) is 0 Å². The van der Waals surface area contributed by atoms with Crippen molar-refractivity contribution in [3.63, 3.8) is 0 Å². The number of carbonyl (C=O) groups is 1. The number of halogens is 1. The summed E-state index contributed by atoms with van der Waals surface area (Å²) in [5.41, 5.74) is 6.11. The molecule has 4 nitrogen and oxygen atoms in total. The van der Waals surface area contributed by atoms with Gasteiger partial charge in [0, 0.05) is 11.1 Å². The van der Waals surface area contributed by atoms with Gasteiger partial charge in [0.05, 0.1) is 24.2 Å². The molecule has 0 bridgehead atoms. The van der Waals surface area contributed by atoms with Crippen molar-refractivity contribution < 1.29 is 9.53 Å². The Hall–Kier alpha value is -1.33. The molecule has 114 valence electrons. The lowest BCUT2D eigenvalue weighted by Gasteiger charge is -2.29. The van der Waals surface area contributed by atoms with Gasteiger partial charge in [-0.25, -0.2) is 0 Å². The van der Waals surface area contributed by atoms with E-state index in [4.69, 9.17) is 34.3 Å². The smallest absolute Gasteiger partial charge is 0.258 e. The lowest BCUT2D eigenvalue weighted by atomic mass is 10.1. The predicted octanol–water partition coefficient (Wildman–Crippen LogP) is 3.02. The van der Waals surface area contributed by atoms with Gasteiger partial charge in [-0.15, -0.1) is 0 Å². The van der Waals surface area contributed by atoms with Gasteiger partial charge in [0.25, 0.3) is 5.91 Å². The Labute approximate surface area is 135 Å². The van der Waals surface area contributed by atoms with Crippen LogP contribution in [0.3, 0.4) is 0 Å². The number of methoxy groups -OCH3 is 1. The van der Waals surface area contributed by atoms with Crippen molar-refractivity contribution in [3.8, 4) is 5.75 Å². The highest BCUT2D eigenvalue weighted by molar-refractivity contribution is 7.80. The van der Waals surface area contributed by atoms with E-state index >= 15 is 0 Å². The standard InChI is InChI=1S/C15H19ClN2O2S/c1-20-13-7-6-10(16)8-12(13)15(19)18(9-14(17)21)11-4-2-3-5-11/h6-8,11H,2-5,9H2,1H3,(H2,17,21). The maximum absolute atomic E-state index is 12.9. The Kier molecular flexibility index (Phi) is 5.42. The van der Waals surface area contributed by atoms with Crippen LogP contribution in [0.2, 0.25) is 5.02 Å². The van der Waals surface area contributed by atoms with Gasteiger partial charge >= 0.3 is 0 Å². The molecule has 2 rings (SSSR count). The summed E-state index contributed by atoms with van der Waals surface area (Å²) in [6.07, 6.45) is 4.21. The normalized spacial score (nSPS) is 15.0. The average molecular weight is 327 g/mol. The van der Waals surface area contributed by atoms with Crippen LogP contribution in [0.25, 0.3) is 0 Å². The second-order valence-electron chi connectivity index (χ2n) is 5.18. The average Bonchev–Trinajstić information content (AvgIpc) is 2.97. The summed E-state index contributed by atoms with van der Waals surface area (Å²) in [5.74, 6) is 0.379. The molecule has 2 N–H and O–H groups in total. The van der Waals surface area contributed by atoms with E-state index in [1.165, 1.54) is 7.11 Å². The molecule has 1 aliphatic carbocycles. The molecule has 1 saturated carbocycles. The van der Waals surface area contributed by atoms with E-state index in [0.717, 1.165) is 25.7 Å². The highest BCUT2D eigenvalue weighted by Gasteiger charge is 2.29. The van der Waals surface area contributed by atoms with Crippen molar-refractivity contribution in [1.82, 2.24) is 4.90 Å². The third-order valence-electron chi connectivity index (χ3n) is 3.74. The predicted molar refractivity (Wildman–Crippen MR) is 88.1 cm³/mol. The maximum atomic E-state index is 12.9. The minimum atomic E-state index is -0.131. The molecule has 0 radical (unpaired) electrons. The first-order chi connectivity index (χ1) is 10.0. The van der Waals surface area contributed by atoms with Crippen LogP contribution in [0.1, 0.15) is 36.0 Å². The van der Waals surface area contributed by atoms with E-state index in [1.54, 1.807) is 23.1 Å². The zero-order valence-corrected chi connectivity index (χ0v) is 13.5. The third kappa shape index (κ3) is 3.86. The number of benzene rings is 1. The number of ether oxygens (including phenoxy) is 1. The van der Waals surface area contributed by atoms with Crippen molar-refractivity contribution in [2.45, 2.75) is 31.7 Å². The molecule has 1 aromatic rings. The monoisotopic (exact) mass is 326 g/mol. The lowest BCUT2D eigenvalue weighted by Crippen LogP contribution is -2.43. The topological polar surface area (TPSA) is 55.6 Å². The summed E-state index contributed by atoms with van der Waals surface area (Å²) in [7, 11) is 1.54. The van der Waals surface area contributed by atoms with Gasteiger partial charge in [0.2, 0.25) is 0 Å². The largest absolute Gasteiger partial charge is 0.496 e. The molecule has 0 saturated heterocycles. The van der Waals surface area contributed by atoms with Crippen LogP contribution < -0.4 is 10.5 Å². The second kappa shape index (κ2) is 7.09. The van der Waals surface area contributed by atoms with Gasteiger partial charge in [-0.2, -0.15) is 0 Å². The number of carbonyl (C=O) groups excluding carboxylic acids is 1. The van der Waals surface area contributed by atoms with Gasteiger partial charge in [-0.3, -0.25) is 4.79 Å². The van der Waals surface area contributed by atoms with Crippen molar-refractivity contribution in [3.05, 3.63) is 28.8 Å². The molecular weight excluding hydrogens is 308 g/mol. The molecule has 1 fully saturated rings. The van der Waals surface area contributed by atoms with Crippen molar-refractivity contribution in [1.29, 1.82) is 0 Å². The van der Waals surface area contributed by atoms with Crippen LogP contribution in [-0.4, -0.2) is 35.5 Å². The number of nitrogens with two attached hydrogens (primary N) is 1. The Morgan fingerprint density at radius 3 is 2.71 bits per heavy atom. The molecule has 1 amide bonds. The molecule has 0 unspecified atom stereocenters. The van der Waals surface area contributed by atoms with E-state index in [0.29, 0.717) is 21.3 Å². The SMILES string of the molecule is COc1ccc(Cl)cc1C(=O)N(CC(N)=S)C1CCCC1. The fourth-order valence-electron chi connectivity index (χ4n) is 2.75. The summed E-state index contributed by atoms with van der Waals surface area (Å²) in [6.45, 7) is 0.286. The van der Waals surface area contributed by atoms with E-state index < -0.39 is 0 Å². The molecule has 21 heavy (non-hydrogen) atoms. The molecule has 1 aliphatic rings. The number of amides is 1. The van der Waals surface area contributed by atoms with Crippen LogP contribution >= 0.6 is 23.8 Å². The Morgan fingerprint density at radius 1 is 1.48 bits per heavy atom. The number of hydrogen-bond acceptors (Lipinski definition) is 3. The summed E-state index contributed by atoms with van der Waals surface area (Å²) in [5, 5.41) is 0.501. The molecule has 0 aromatic heterocycles. The minimum Gasteiger partial charge on any atom is -0.496 e. The zero-order chi connectivity index (χ0) is 15.4. The second-order valence-corrected chi connectivity index (χ2v) is 6.14. The van der Waals surface area contributed by atoms with Crippen LogP contribution in [0.5, 0.6) is 5.75 Å². The van der Waals surface area contributed by atoms with Crippen LogP contribution in [0.4, 0.5) is 0 Å². The van der Waals surface area contributed by atoms with Crippen molar-refractivity contribution in [2.24, 2.45) is 5.73 Å². The number of rotatable bonds is 5. The maximum Gasteiger partial charge on any atom is 0.258 e. The first-order valence-corrected chi connectivity index (χ1v) is 7.74. The van der Waals surface area contributed by atoms with Gasteiger partial charge < -0.3 is 15.4 Å². The lowest BCUT2D eigenvalue weighted by molar-refractivity contribution is 0.0711. The van der Waals surface area contributed by atoms with Crippen molar-refractivity contribution in [2.75, 3.05) is 13.7 Å². The number of hydrogen-bond donors (Lipinski definition) is 1. The summed E-state index contributed by atoms with van der Waals surface area (Å²) in [4.78, 5) is 14.9. The summed E-state index contributed by atoms with van der Waals surface area (Å²) < 4.78 is 5.27. The van der Waals surface area contributed by atoms with Crippen LogP contribution in [-0.2, 0) is 0 Å². The molecule has 6 heteroatoms. The highest BCUT2D eigenvalue weighted by Crippen LogP contribution is 2.29. The van der Waals surface area contributed by atoms with Crippen LogP contribution in [0, 0.1) is 0 Å². The Morgan fingerprint density at radius 2 is 2.14 bits per heavy atom. The fraction of sp³-hybridized carbons (Fsp3) is 0.467. The van der Waals surface area contributed by atoms with Gasteiger partial charge in [0.15, 0.2) is 0 Å². The summed E-state index contributed by atoms with van der Waals surface area (Å²) in [6, 6.07) is 5.21. The number of nitrogens with zero attached hydrogens (tertiary/aromatic N) is 1. The molecule has 0 heterocycles. The van der Waals surface area contributed by atoms with Crippen LogP contribution in [0.15, 0.2) is 18.2 Å². The van der Waals surface area contributed by atoms with E-state index in [2.05, 4.69) is 0 Å². The molecular formula is C15H19ClN2O2S. The Balaban J connectivity index is 2.32. The Bertz CT molecular complexity index is 544. The first kappa shape index (κ1) is 16.0. The molecule has 0 atom stereocenters. The fourth-order valence-corrected chi connectivity index (χ4v) is 3.06. The minimum absolute atomic E-state index is 0.131. The molecule has 0 spiro atoms. The third-order valence-corrected chi connectivity index (χ3v) is 4.11. The summed E-state index contributed by atoms with van der Waals surface area (Å²) >= 11 is 11.0. The van der Waals surface area contributed by atoms with Gasteiger partial charge in [0.1, 0.15) is 5.75 Å². The van der Waals surface area contributed by atoms with E-state index in [9.17, 15) is 4.79 Å². The van der Waals surface area contributed by atoms with Gasteiger partial charge in [-0.1, -0.05) is 36.7 Å². The number of thiocarbonyl (C=S) groups is 1.